The number of ether oxygens (including phenoxy) is 2. The van der Waals surface area contributed by atoms with Gasteiger partial charge >= 0.3 is 0 Å². The molecule has 3 rings (SSSR count). The first kappa shape index (κ1) is 16.4. The maximum absolute atomic E-state index is 12.9. The molecule has 0 unspecified atom stereocenters. The van der Waals surface area contributed by atoms with Crippen molar-refractivity contribution in [2.75, 3.05) is 32.8 Å². The minimum atomic E-state index is -0.733. The Kier molecular flexibility index (Phi) is 5.65. The van der Waals surface area contributed by atoms with Gasteiger partial charge in [-0.1, -0.05) is 30.3 Å². The van der Waals surface area contributed by atoms with Crippen molar-refractivity contribution in [1.29, 1.82) is 0 Å². The van der Waals surface area contributed by atoms with Gasteiger partial charge in [-0.15, -0.1) is 0 Å². The van der Waals surface area contributed by atoms with Crippen LogP contribution in [0.1, 0.15) is 31.2 Å². The molecule has 2 aliphatic rings. The molecular formula is C18H26N2O3. The van der Waals surface area contributed by atoms with E-state index in [1.807, 2.05) is 23.1 Å². The lowest BCUT2D eigenvalue weighted by atomic mass is 10.1. The van der Waals surface area contributed by atoms with E-state index in [-0.39, 0.29) is 5.91 Å². The molecule has 1 aromatic carbocycles. The molecule has 2 aliphatic heterocycles. The van der Waals surface area contributed by atoms with Gasteiger partial charge in [0.25, 0.3) is 0 Å². The molecule has 0 atom stereocenters. The zero-order valence-corrected chi connectivity index (χ0v) is 13.6. The summed E-state index contributed by atoms with van der Waals surface area (Å²) in [6, 6.07) is 10.2. The fourth-order valence-corrected chi connectivity index (χ4v) is 3.23. The third-order valence-corrected chi connectivity index (χ3v) is 4.52. The van der Waals surface area contributed by atoms with Crippen molar-refractivity contribution in [2.45, 2.75) is 38.0 Å². The summed E-state index contributed by atoms with van der Waals surface area (Å²) < 4.78 is 11.6. The monoisotopic (exact) mass is 318 g/mol. The maximum Gasteiger partial charge on any atom is 0.228 e. The van der Waals surface area contributed by atoms with E-state index in [9.17, 15) is 4.79 Å². The second kappa shape index (κ2) is 7.90. The van der Waals surface area contributed by atoms with Gasteiger partial charge in [-0.2, -0.15) is 0 Å². The number of hydrogen-bond donors (Lipinski definition) is 1. The van der Waals surface area contributed by atoms with Crippen molar-refractivity contribution in [3.8, 4) is 0 Å². The Labute approximate surface area is 137 Å². The summed E-state index contributed by atoms with van der Waals surface area (Å²) in [5, 5.41) is 3.42. The molecule has 2 heterocycles. The van der Waals surface area contributed by atoms with Crippen molar-refractivity contribution >= 4 is 5.91 Å². The Morgan fingerprint density at radius 2 is 1.87 bits per heavy atom. The van der Waals surface area contributed by atoms with E-state index in [1.54, 1.807) is 0 Å². The predicted molar refractivity (Wildman–Crippen MR) is 87.8 cm³/mol. The number of hydrogen-bond acceptors (Lipinski definition) is 4. The second-order valence-corrected chi connectivity index (χ2v) is 6.29. The first-order valence-corrected chi connectivity index (χ1v) is 8.58. The van der Waals surface area contributed by atoms with Crippen LogP contribution >= 0.6 is 0 Å². The Morgan fingerprint density at radius 3 is 2.65 bits per heavy atom. The average Bonchev–Trinajstić information content (AvgIpc) is 3.00. The van der Waals surface area contributed by atoms with Gasteiger partial charge in [0.15, 0.2) is 5.79 Å². The molecule has 0 aliphatic carbocycles. The van der Waals surface area contributed by atoms with Crippen molar-refractivity contribution in [1.82, 2.24) is 10.2 Å². The minimum absolute atomic E-state index is 0.123. The predicted octanol–water partition coefficient (Wildman–Crippen LogP) is 1.92. The molecule has 5 nitrogen and oxygen atoms in total. The van der Waals surface area contributed by atoms with Crippen LogP contribution in [0.4, 0.5) is 0 Å². The first-order valence-electron chi connectivity index (χ1n) is 8.58. The van der Waals surface area contributed by atoms with Gasteiger partial charge in [0, 0.05) is 26.1 Å². The molecule has 2 fully saturated rings. The number of rotatable bonds is 2. The lowest BCUT2D eigenvalue weighted by Gasteiger charge is -2.30. The average molecular weight is 318 g/mol. The highest BCUT2D eigenvalue weighted by Crippen LogP contribution is 2.28. The molecule has 5 heteroatoms. The van der Waals surface area contributed by atoms with Crippen LogP contribution in [0.2, 0.25) is 0 Å². The van der Waals surface area contributed by atoms with Crippen LogP contribution in [0.3, 0.4) is 0 Å². The van der Waals surface area contributed by atoms with E-state index < -0.39 is 5.79 Å². The summed E-state index contributed by atoms with van der Waals surface area (Å²) in [6.07, 6.45) is 3.12. The third kappa shape index (κ3) is 4.53. The fraction of sp³-hybridized carbons (Fsp3) is 0.611. The van der Waals surface area contributed by atoms with Crippen molar-refractivity contribution in [3.63, 3.8) is 0 Å². The molecule has 1 amide bonds. The number of nitrogens with one attached hydrogen (secondary N) is 1. The number of amides is 1. The number of carbonyl (C=O) groups excluding carboxylic acids is 1. The number of carbonyl (C=O) groups is 1. The van der Waals surface area contributed by atoms with Crippen LogP contribution in [0.5, 0.6) is 0 Å². The van der Waals surface area contributed by atoms with Gasteiger partial charge in [-0.3, -0.25) is 4.79 Å². The topological polar surface area (TPSA) is 50.8 Å². The highest BCUT2D eigenvalue weighted by atomic mass is 16.7. The molecule has 1 spiro atoms. The van der Waals surface area contributed by atoms with Crippen LogP contribution in [-0.4, -0.2) is 49.4 Å². The Hall–Kier alpha value is -1.43. The minimum Gasteiger partial charge on any atom is -0.347 e. The number of benzene rings is 1. The van der Waals surface area contributed by atoms with Crippen LogP contribution < -0.4 is 5.32 Å². The smallest absolute Gasteiger partial charge is 0.228 e. The van der Waals surface area contributed by atoms with Gasteiger partial charge in [0.2, 0.25) is 5.91 Å². The molecule has 0 saturated carbocycles. The van der Waals surface area contributed by atoms with Gasteiger partial charge in [-0.05, 0) is 24.9 Å². The summed E-state index contributed by atoms with van der Waals surface area (Å²) in [4.78, 5) is 14.8. The van der Waals surface area contributed by atoms with E-state index in [2.05, 4.69) is 17.4 Å². The summed E-state index contributed by atoms with van der Waals surface area (Å²) in [6.45, 7) is 4.39. The third-order valence-electron chi connectivity index (χ3n) is 4.52. The van der Waals surface area contributed by atoms with Crippen molar-refractivity contribution in [2.24, 2.45) is 0 Å². The maximum atomic E-state index is 12.9. The SMILES string of the molecule is O=C1CC2(CCNCCCCN1Cc1ccccc1)OCCO2. The molecular weight excluding hydrogens is 292 g/mol. The number of nitrogens with zero attached hydrogens (tertiary/aromatic N) is 1. The van der Waals surface area contributed by atoms with Gasteiger partial charge in [0.1, 0.15) is 0 Å². The highest BCUT2D eigenvalue weighted by Gasteiger charge is 2.39. The van der Waals surface area contributed by atoms with Crippen LogP contribution in [-0.2, 0) is 20.8 Å². The first-order chi connectivity index (χ1) is 11.3. The second-order valence-electron chi connectivity index (χ2n) is 6.29. The Morgan fingerprint density at radius 1 is 1.09 bits per heavy atom. The summed E-state index contributed by atoms with van der Waals surface area (Å²) in [7, 11) is 0. The largest absolute Gasteiger partial charge is 0.347 e. The van der Waals surface area contributed by atoms with E-state index in [0.29, 0.717) is 26.2 Å². The molecule has 23 heavy (non-hydrogen) atoms. The van der Waals surface area contributed by atoms with Gasteiger partial charge in [0.05, 0.1) is 19.6 Å². The standard InChI is InChI=1S/C18H26N2O3/c21-17-14-18(22-12-13-23-18)8-10-19-9-4-5-11-20(17)15-16-6-2-1-3-7-16/h1-3,6-7,19H,4-5,8-15H2. The lowest BCUT2D eigenvalue weighted by Crippen LogP contribution is -2.41. The van der Waals surface area contributed by atoms with E-state index >= 15 is 0 Å². The fourth-order valence-electron chi connectivity index (χ4n) is 3.23. The molecule has 1 N–H and O–H groups in total. The van der Waals surface area contributed by atoms with E-state index in [1.165, 1.54) is 0 Å². The Balaban J connectivity index is 1.72. The zero-order valence-electron chi connectivity index (χ0n) is 13.6. The molecule has 1 aromatic rings. The Bertz CT molecular complexity index is 500. The lowest BCUT2D eigenvalue weighted by molar-refractivity contribution is -0.178. The zero-order chi connectivity index (χ0) is 16.0. The van der Waals surface area contributed by atoms with Crippen LogP contribution in [0.25, 0.3) is 0 Å². The summed E-state index contributed by atoms with van der Waals surface area (Å²) in [5.41, 5.74) is 1.16. The molecule has 2 saturated heterocycles. The highest BCUT2D eigenvalue weighted by molar-refractivity contribution is 5.77. The van der Waals surface area contributed by atoms with Crippen LogP contribution in [0.15, 0.2) is 30.3 Å². The molecule has 0 bridgehead atoms. The van der Waals surface area contributed by atoms with Crippen molar-refractivity contribution in [3.05, 3.63) is 35.9 Å². The molecule has 126 valence electrons. The van der Waals surface area contributed by atoms with Crippen molar-refractivity contribution < 1.29 is 14.3 Å². The summed E-state index contributed by atoms with van der Waals surface area (Å²) in [5.74, 6) is -0.610. The normalized spacial score (nSPS) is 23.0. The molecule has 0 radical (unpaired) electrons. The van der Waals surface area contributed by atoms with E-state index in [0.717, 1.165) is 44.5 Å². The molecule has 0 aromatic heterocycles. The summed E-state index contributed by atoms with van der Waals surface area (Å²) >= 11 is 0. The van der Waals surface area contributed by atoms with Crippen LogP contribution in [0, 0.1) is 0 Å². The van der Waals surface area contributed by atoms with E-state index in [4.69, 9.17) is 9.47 Å². The quantitative estimate of drug-likeness (QED) is 0.905. The van der Waals surface area contributed by atoms with Gasteiger partial charge < -0.3 is 19.7 Å². The van der Waals surface area contributed by atoms with Gasteiger partial charge in [-0.25, -0.2) is 0 Å².